The first-order valence-electron chi connectivity index (χ1n) is 10.0. The number of hydrogen-bond acceptors (Lipinski definition) is 4. The van der Waals surface area contributed by atoms with E-state index >= 15 is 0 Å². The zero-order valence-electron chi connectivity index (χ0n) is 17.9. The molecule has 166 valence electrons. The van der Waals surface area contributed by atoms with Gasteiger partial charge < -0.3 is 25.0 Å². The van der Waals surface area contributed by atoms with E-state index in [-0.39, 0.29) is 24.9 Å². The number of ether oxygens (including phenoxy) is 2. The lowest BCUT2D eigenvalue weighted by molar-refractivity contribution is -0.862. The van der Waals surface area contributed by atoms with Gasteiger partial charge in [-0.05, 0) is 54.6 Å². The standard InChI is InChI=1S/C24H24ClN3O4/c1-28(15-23(29)26-18-9-11-19(31-2)12-10-18)16-24(30)27-21-14-17(25)8-13-22(21)32-20-6-4-3-5-7-20/h3-14H,15-16H2,1-2H3,(H,26,29)(H,27,30)/p+1. The number of hydrogen-bond donors (Lipinski definition) is 3. The number of halogens is 1. The van der Waals surface area contributed by atoms with Crippen LogP contribution in [0.25, 0.3) is 0 Å². The van der Waals surface area contributed by atoms with Crippen LogP contribution in [-0.4, -0.2) is 39.1 Å². The molecule has 0 saturated heterocycles. The van der Waals surface area contributed by atoms with Gasteiger partial charge in [0.05, 0.1) is 19.8 Å². The normalized spacial score (nSPS) is 11.3. The number of para-hydroxylation sites is 1. The van der Waals surface area contributed by atoms with Crippen LogP contribution in [0.1, 0.15) is 0 Å². The summed E-state index contributed by atoms with van der Waals surface area (Å²) in [4.78, 5) is 25.6. The Kier molecular flexibility index (Phi) is 8.08. The molecule has 3 aromatic rings. The number of quaternary nitrogens is 1. The monoisotopic (exact) mass is 454 g/mol. The number of benzene rings is 3. The second kappa shape index (κ2) is 11.2. The summed E-state index contributed by atoms with van der Waals surface area (Å²) in [7, 11) is 3.35. The van der Waals surface area contributed by atoms with Crippen LogP contribution in [0.5, 0.6) is 17.2 Å². The Morgan fingerprint density at radius 2 is 1.53 bits per heavy atom. The third-order valence-corrected chi connectivity index (χ3v) is 4.72. The molecule has 0 heterocycles. The Morgan fingerprint density at radius 3 is 2.19 bits per heavy atom. The minimum Gasteiger partial charge on any atom is -0.497 e. The van der Waals surface area contributed by atoms with Gasteiger partial charge in [0.15, 0.2) is 18.8 Å². The molecule has 0 aliphatic carbocycles. The van der Waals surface area contributed by atoms with Crippen molar-refractivity contribution in [3.8, 4) is 17.2 Å². The molecular weight excluding hydrogens is 430 g/mol. The van der Waals surface area contributed by atoms with Gasteiger partial charge in [-0.3, -0.25) is 9.59 Å². The number of likely N-dealkylation sites (N-methyl/N-ethyl adjacent to an activating group) is 1. The number of carbonyl (C=O) groups is 2. The van der Waals surface area contributed by atoms with Gasteiger partial charge >= 0.3 is 0 Å². The van der Waals surface area contributed by atoms with Gasteiger partial charge in [0.1, 0.15) is 11.5 Å². The van der Waals surface area contributed by atoms with Crippen molar-refractivity contribution in [3.63, 3.8) is 0 Å². The zero-order valence-corrected chi connectivity index (χ0v) is 18.6. The van der Waals surface area contributed by atoms with E-state index in [1.165, 1.54) is 0 Å². The van der Waals surface area contributed by atoms with Crippen molar-refractivity contribution < 1.29 is 24.0 Å². The third kappa shape index (κ3) is 7.01. The SMILES string of the molecule is COc1ccc(NC(=O)C[NH+](C)CC(=O)Nc2cc(Cl)ccc2Oc2ccccc2)cc1. The Balaban J connectivity index is 1.55. The van der Waals surface area contributed by atoms with Crippen molar-refractivity contribution in [2.45, 2.75) is 0 Å². The second-order valence-electron chi connectivity index (χ2n) is 7.19. The second-order valence-corrected chi connectivity index (χ2v) is 7.63. The Hall–Kier alpha value is -3.55. The summed E-state index contributed by atoms with van der Waals surface area (Å²) >= 11 is 6.10. The number of rotatable bonds is 9. The first-order chi connectivity index (χ1) is 15.4. The van der Waals surface area contributed by atoms with Crippen LogP contribution in [0.2, 0.25) is 5.02 Å². The fourth-order valence-electron chi connectivity index (χ4n) is 2.99. The summed E-state index contributed by atoms with van der Waals surface area (Å²) in [6.07, 6.45) is 0. The first-order valence-corrected chi connectivity index (χ1v) is 10.4. The van der Waals surface area contributed by atoms with Gasteiger partial charge in [-0.1, -0.05) is 29.8 Å². The van der Waals surface area contributed by atoms with E-state index in [0.29, 0.717) is 33.6 Å². The minimum absolute atomic E-state index is 0.0906. The number of amides is 2. The third-order valence-electron chi connectivity index (χ3n) is 4.49. The van der Waals surface area contributed by atoms with Crippen molar-refractivity contribution in [2.24, 2.45) is 0 Å². The van der Waals surface area contributed by atoms with E-state index in [4.69, 9.17) is 21.1 Å². The van der Waals surface area contributed by atoms with Crippen molar-refractivity contribution in [1.29, 1.82) is 0 Å². The molecule has 3 rings (SSSR count). The van der Waals surface area contributed by atoms with Crippen molar-refractivity contribution in [1.82, 2.24) is 0 Å². The summed E-state index contributed by atoms with van der Waals surface area (Å²) < 4.78 is 11.0. The highest BCUT2D eigenvalue weighted by molar-refractivity contribution is 6.31. The maximum atomic E-state index is 12.6. The number of nitrogens with one attached hydrogen (secondary N) is 3. The zero-order chi connectivity index (χ0) is 22.9. The van der Waals surface area contributed by atoms with Crippen LogP contribution in [0.15, 0.2) is 72.8 Å². The Morgan fingerprint density at radius 1 is 0.875 bits per heavy atom. The highest BCUT2D eigenvalue weighted by Gasteiger charge is 2.16. The molecule has 0 radical (unpaired) electrons. The van der Waals surface area contributed by atoms with E-state index in [1.54, 1.807) is 56.6 Å². The van der Waals surface area contributed by atoms with Crippen LogP contribution >= 0.6 is 11.6 Å². The highest BCUT2D eigenvalue weighted by Crippen LogP contribution is 2.31. The average Bonchev–Trinajstić information content (AvgIpc) is 2.76. The van der Waals surface area contributed by atoms with E-state index in [9.17, 15) is 9.59 Å². The van der Waals surface area contributed by atoms with Gasteiger partial charge in [0.2, 0.25) is 0 Å². The van der Waals surface area contributed by atoms with Crippen LogP contribution in [0.4, 0.5) is 11.4 Å². The molecule has 0 saturated carbocycles. The molecule has 0 spiro atoms. The molecule has 32 heavy (non-hydrogen) atoms. The number of methoxy groups -OCH3 is 1. The molecule has 7 nitrogen and oxygen atoms in total. The minimum atomic E-state index is -0.264. The van der Waals surface area contributed by atoms with Gasteiger partial charge in [-0.2, -0.15) is 0 Å². The van der Waals surface area contributed by atoms with Gasteiger partial charge in [0, 0.05) is 10.7 Å². The summed E-state index contributed by atoms with van der Waals surface area (Å²) in [5, 5.41) is 6.10. The van der Waals surface area contributed by atoms with Crippen LogP contribution in [-0.2, 0) is 9.59 Å². The van der Waals surface area contributed by atoms with Gasteiger partial charge in [-0.25, -0.2) is 0 Å². The molecule has 3 N–H and O–H groups in total. The van der Waals surface area contributed by atoms with E-state index in [2.05, 4.69) is 10.6 Å². The van der Waals surface area contributed by atoms with E-state index < -0.39 is 0 Å². The maximum Gasteiger partial charge on any atom is 0.279 e. The quantitative estimate of drug-likeness (QED) is 0.463. The molecule has 0 aromatic heterocycles. The van der Waals surface area contributed by atoms with Crippen LogP contribution in [0, 0.1) is 0 Å². The van der Waals surface area contributed by atoms with Gasteiger partial charge in [0.25, 0.3) is 11.8 Å². The topological polar surface area (TPSA) is 81.1 Å². The predicted molar refractivity (Wildman–Crippen MR) is 125 cm³/mol. The fraction of sp³-hybridized carbons (Fsp3) is 0.167. The largest absolute Gasteiger partial charge is 0.497 e. The molecule has 0 aliphatic rings. The lowest BCUT2D eigenvalue weighted by Gasteiger charge is -2.16. The van der Waals surface area contributed by atoms with Crippen molar-refractivity contribution in [3.05, 3.63) is 77.8 Å². The first kappa shape index (κ1) is 23.1. The molecule has 0 bridgehead atoms. The maximum absolute atomic E-state index is 12.6. The molecule has 8 heteroatoms. The number of anilines is 2. The summed E-state index contributed by atoms with van der Waals surface area (Å²) in [6.45, 7) is 0.218. The van der Waals surface area contributed by atoms with Crippen LogP contribution in [0.3, 0.4) is 0 Å². The lowest BCUT2D eigenvalue weighted by Crippen LogP contribution is -3.11. The van der Waals surface area contributed by atoms with Crippen molar-refractivity contribution in [2.75, 3.05) is 37.9 Å². The molecule has 1 unspecified atom stereocenters. The van der Waals surface area contributed by atoms with Crippen LogP contribution < -0.4 is 25.0 Å². The average molecular weight is 455 g/mol. The summed E-state index contributed by atoms with van der Waals surface area (Å²) in [6, 6.07) is 21.3. The molecule has 3 aromatic carbocycles. The molecule has 0 aliphatic heterocycles. The van der Waals surface area contributed by atoms with Crippen molar-refractivity contribution >= 4 is 34.8 Å². The lowest BCUT2D eigenvalue weighted by atomic mass is 10.2. The smallest absolute Gasteiger partial charge is 0.279 e. The fourth-order valence-corrected chi connectivity index (χ4v) is 3.16. The Labute approximate surface area is 191 Å². The highest BCUT2D eigenvalue weighted by atomic mass is 35.5. The number of carbonyl (C=O) groups excluding carboxylic acids is 2. The molecular formula is C24H25ClN3O4+. The molecule has 0 fully saturated rings. The predicted octanol–water partition coefficient (Wildman–Crippen LogP) is 3.23. The molecule has 1 atom stereocenters. The van der Waals surface area contributed by atoms with E-state index in [1.807, 2.05) is 30.3 Å². The van der Waals surface area contributed by atoms with Gasteiger partial charge in [-0.15, -0.1) is 0 Å². The summed E-state index contributed by atoms with van der Waals surface area (Å²) in [5.74, 6) is 1.36. The molecule has 2 amide bonds. The summed E-state index contributed by atoms with van der Waals surface area (Å²) in [5.41, 5.74) is 1.12. The Bertz CT molecular complexity index is 1060. The van der Waals surface area contributed by atoms with E-state index in [0.717, 1.165) is 4.90 Å².